The second kappa shape index (κ2) is 29.2. The van der Waals surface area contributed by atoms with Crippen LogP contribution in [0.3, 0.4) is 0 Å². The Morgan fingerprint density at radius 1 is 0.169 bits per heavy atom. The van der Waals surface area contributed by atoms with Crippen LogP contribution in [0.1, 0.15) is 0 Å². The zero-order valence-electron chi connectivity index (χ0n) is 63.7. The first-order valence-corrected chi connectivity index (χ1v) is 39.6. The third kappa shape index (κ3) is 12.3. The van der Waals surface area contributed by atoms with E-state index in [1.54, 1.807) is 0 Å². The van der Waals surface area contributed by atoms with E-state index in [9.17, 15) is 0 Å². The Balaban J connectivity index is 0.000000143. The first-order chi connectivity index (χ1) is 58.5. The van der Waals surface area contributed by atoms with Gasteiger partial charge < -0.3 is 18.0 Å². The van der Waals surface area contributed by atoms with E-state index in [-0.39, 0.29) is 0 Å². The number of nitrogens with zero attached hydrogens (tertiary/aromatic N) is 8. The van der Waals surface area contributed by atoms with E-state index < -0.39 is 0 Å². The lowest BCUT2D eigenvalue weighted by Gasteiger charge is -2.14. The van der Waals surface area contributed by atoms with Gasteiger partial charge in [0.05, 0.1) is 33.4 Å². The summed E-state index contributed by atoms with van der Waals surface area (Å²) in [6, 6.07) is 143. The van der Waals surface area contributed by atoms with E-state index in [2.05, 4.69) is 343 Å². The first kappa shape index (κ1) is 68.7. The summed E-state index contributed by atoms with van der Waals surface area (Å²) < 4.78 is 18.2. The van der Waals surface area contributed by atoms with Gasteiger partial charge in [-0.05, 0) is 105 Å². The van der Waals surface area contributed by atoms with Crippen LogP contribution in [0.25, 0.3) is 223 Å². The maximum Gasteiger partial charge on any atom is 0.166 e. The zero-order chi connectivity index (χ0) is 78.0. The number of para-hydroxylation sites is 5. The van der Waals surface area contributed by atoms with Gasteiger partial charge in [0.25, 0.3) is 0 Å². The van der Waals surface area contributed by atoms with Gasteiger partial charge in [-0.2, -0.15) is 0 Å². The highest BCUT2D eigenvalue weighted by Gasteiger charge is 2.26. The van der Waals surface area contributed by atoms with Crippen LogP contribution in [0.15, 0.2) is 421 Å². The Kier molecular flexibility index (Phi) is 17.0. The predicted molar refractivity (Wildman–Crippen MR) is 483 cm³/mol. The molecule has 17 aromatic carbocycles. The van der Waals surface area contributed by atoms with Crippen molar-refractivity contribution >= 4 is 87.5 Å². The minimum absolute atomic E-state index is 0.593. The van der Waals surface area contributed by atoms with Crippen LogP contribution in [-0.2, 0) is 0 Å². The summed E-state index contributed by atoms with van der Waals surface area (Å²) in [5, 5.41) is 8.99. The van der Waals surface area contributed by atoms with Gasteiger partial charge in [-0.15, -0.1) is 0 Å². The van der Waals surface area contributed by atoms with Gasteiger partial charge in [0.15, 0.2) is 34.9 Å². The average Bonchev–Trinajstić information content (AvgIpc) is 1.57. The van der Waals surface area contributed by atoms with Crippen molar-refractivity contribution in [3.63, 3.8) is 0 Å². The molecule has 6 aromatic heterocycles. The molecule has 23 rings (SSSR count). The lowest BCUT2D eigenvalue weighted by molar-refractivity contribution is 0.669. The number of benzene rings is 17. The number of fused-ring (bicyclic) bond motifs is 12. The summed E-state index contributed by atoms with van der Waals surface area (Å²) in [6.45, 7) is 0. The van der Waals surface area contributed by atoms with E-state index >= 15 is 0 Å². The Hall–Kier alpha value is -16.0. The molecule has 552 valence electrons. The highest BCUT2D eigenvalue weighted by atomic mass is 16.3. The maximum atomic E-state index is 6.88. The smallest absolute Gasteiger partial charge is 0.166 e. The van der Waals surface area contributed by atoms with Crippen LogP contribution >= 0.6 is 0 Å². The topological polar surface area (TPSA) is 113 Å². The van der Waals surface area contributed by atoms with Gasteiger partial charge in [0.2, 0.25) is 0 Å². The van der Waals surface area contributed by atoms with Crippen molar-refractivity contribution < 1.29 is 8.83 Å². The molecule has 23 aromatic rings. The van der Waals surface area contributed by atoms with Gasteiger partial charge in [0.1, 0.15) is 22.3 Å². The zero-order valence-corrected chi connectivity index (χ0v) is 63.7. The average molecular weight is 1510 g/mol. The summed E-state index contributed by atoms with van der Waals surface area (Å²) in [7, 11) is 0. The molecule has 118 heavy (non-hydrogen) atoms. The molecule has 0 unspecified atom stereocenters. The molecule has 0 bridgehead atoms. The molecule has 0 saturated carbocycles. The Morgan fingerprint density at radius 3 is 0.932 bits per heavy atom. The molecular formula is C108H68N8O2. The van der Waals surface area contributed by atoms with Crippen LogP contribution in [-0.4, -0.2) is 39.0 Å². The van der Waals surface area contributed by atoms with Crippen LogP contribution in [0.4, 0.5) is 0 Å². The molecule has 10 heteroatoms. The lowest BCUT2D eigenvalue weighted by atomic mass is 9.98. The monoisotopic (exact) mass is 1510 g/mol. The quantitative estimate of drug-likeness (QED) is 0.112. The second-order valence-electron chi connectivity index (χ2n) is 29.6. The fraction of sp³-hybridized carbons (Fsp3) is 0. The van der Waals surface area contributed by atoms with Gasteiger partial charge in [-0.3, -0.25) is 0 Å². The van der Waals surface area contributed by atoms with Crippen LogP contribution in [0.5, 0.6) is 0 Å². The van der Waals surface area contributed by atoms with E-state index in [0.29, 0.717) is 34.9 Å². The molecule has 0 radical (unpaired) electrons. The highest BCUT2D eigenvalue weighted by Crippen LogP contribution is 2.46. The summed E-state index contributed by atoms with van der Waals surface area (Å²) >= 11 is 0. The minimum Gasteiger partial charge on any atom is -0.456 e. The van der Waals surface area contributed by atoms with Crippen LogP contribution < -0.4 is 0 Å². The fourth-order valence-corrected chi connectivity index (χ4v) is 16.9. The van der Waals surface area contributed by atoms with Gasteiger partial charge in [-0.1, -0.05) is 346 Å². The van der Waals surface area contributed by atoms with Gasteiger partial charge in [-0.25, -0.2) is 29.9 Å². The molecule has 0 fully saturated rings. The third-order valence-corrected chi connectivity index (χ3v) is 22.6. The normalized spacial score (nSPS) is 11.6. The molecule has 0 atom stereocenters. The molecule has 0 N–H and O–H groups in total. The van der Waals surface area contributed by atoms with E-state index in [4.69, 9.17) is 38.7 Å². The molecule has 0 spiro atoms. The number of rotatable bonds is 13. The molecular weight excluding hydrogens is 1440 g/mol. The van der Waals surface area contributed by atoms with Crippen molar-refractivity contribution in [3.8, 4) is 135 Å². The summed E-state index contributed by atoms with van der Waals surface area (Å²) in [6.07, 6.45) is 0. The Bertz CT molecular complexity index is 7740. The predicted octanol–water partition coefficient (Wildman–Crippen LogP) is 28.1. The number of furan rings is 2. The largest absolute Gasteiger partial charge is 0.456 e. The summed E-state index contributed by atoms with van der Waals surface area (Å²) in [5.41, 5.74) is 26.5. The summed E-state index contributed by atoms with van der Waals surface area (Å²) in [5.74, 6) is 3.65. The number of hydrogen-bond acceptors (Lipinski definition) is 8. The minimum atomic E-state index is 0.593. The molecule has 0 saturated heterocycles. The third-order valence-electron chi connectivity index (χ3n) is 22.6. The molecule has 0 aliphatic heterocycles. The molecule has 10 nitrogen and oxygen atoms in total. The second-order valence-corrected chi connectivity index (χ2v) is 29.6. The summed E-state index contributed by atoms with van der Waals surface area (Å²) in [4.78, 5) is 30.8. The molecule has 0 aliphatic carbocycles. The van der Waals surface area contributed by atoms with E-state index in [1.807, 2.05) is 78.9 Å². The van der Waals surface area contributed by atoms with Gasteiger partial charge >= 0.3 is 0 Å². The Morgan fingerprint density at radius 2 is 0.475 bits per heavy atom. The van der Waals surface area contributed by atoms with Crippen LogP contribution in [0.2, 0.25) is 0 Å². The highest BCUT2D eigenvalue weighted by molar-refractivity contribution is 6.21. The van der Waals surface area contributed by atoms with Crippen molar-refractivity contribution in [1.82, 2.24) is 39.0 Å². The maximum absolute atomic E-state index is 6.88. The number of aromatic nitrogens is 8. The molecule has 6 heterocycles. The fourth-order valence-electron chi connectivity index (χ4n) is 16.9. The van der Waals surface area contributed by atoms with E-state index in [1.165, 1.54) is 11.1 Å². The van der Waals surface area contributed by atoms with E-state index in [0.717, 1.165) is 177 Å². The SMILES string of the molecule is c1ccc(-c2ccc(-c3nc(-c4ccccc4)nc(-c4ccccc4-n4c5ccccc5c5cc6c(cc54)oc4c(-c5ccc(-c7ccccc7)cc5)cccc46)n3)cc2)cc1.c1ccc(-c2ccc(-c3nc(-c4ccccc4)nc(-c4ccccc4-n4c5ccccc5c5cc6c(cc54)oc4cccc(-c5ccccc5)c46)n3)cc2)cc1. The lowest BCUT2D eigenvalue weighted by Crippen LogP contribution is -2.03. The van der Waals surface area contributed by atoms with Crippen molar-refractivity contribution in [1.29, 1.82) is 0 Å². The standard InChI is InChI=1S/C57H36N4O.C51H32N4O/c1-4-15-37(16-5-1)39-27-31-41(32-28-39)44-23-14-24-46-49-35-48-45-21-10-12-25-50(45)61(52(48)36-53(49)62-54(44)46)51-26-13-11-22-47(51)57-59-55(42-19-8-3-9-20-42)58-56(60-57)43-33-29-40(30-34-43)38-17-6-2-7-18-38;1-4-15-33(16-5-1)34-27-29-37(30-28-34)50-52-49(36-19-8-3-9-20-36)53-51(54-50)40-22-11-13-25-44(40)55-43-24-12-10-21-39(43)41-31-42-47(32-45(41)55)56-46-26-14-23-38(48(42)46)35-17-6-2-7-18-35/h1-36H;1-32H. The van der Waals surface area contributed by atoms with Crippen molar-refractivity contribution in [2.24, 2.45) is 0 Å². The van der Waals surface area contributed by atoms with Crippen LogP contribution in [0, 0.1) is 0 Å². The number of hydrogen-bond donors (Lipinski definition) is 0. The van der Waals surface area contributed by atoms with Crippen molar-refractivity contribution in [3.05, 3.63) is 413 Å². The molecule has 0 aliphatic rings. The first-order valence-electron chi connectivity index (χ1n) is 39.6. The molecule has 0 amide bonds. The van der Waals surface area contributed by atoms with Crippen molar-refractivity contribution in [2.75, 3.05) is 0 Å². The Labute approximate surface area is 678 Å². The van der Waals surface area contributed by atoms with Gasteiger partial charge in [0, 0.05) is 94.2 Å². The van der Waals surface area contributed by atoms with Crippen molar-refractivity contribution in [2.45, 2.75) is 0 Å².